The molecule has 2 rings (SSSR count). The topological polar surface area (TPSA) is 87.9 Å². The fourth-order valence-electron chi connectivity index (χ4n) is 1.73. The van der Waals surface area contributed by atoms with Crippen LogP contribution in [0.3, 0.4) is 0 Å². The second-order valence-corrected chi connectivity index (χ2v) is 4.24. The van der Waals surface area contributed by atoms with Crippen molar-refractivity contribution >= 4 is 11.7 Å². The highest BCUT2D eigenvalue weighted by Gasteiger charge is 2.13. The van der Waals surface area contributed by atoms with Gasteiger partial charge in [0.05, 0.1) is 24.7 Å². The van der Waals surface area contributed by atoms with Crippen LogP contribution in [0.1, 0.15) is 10.4 Å². The number of carbonyl (C=O) groups is 1. The lowest BCUT2D eigenvalue weighted by atomic mass is 10.2. The van der Waals surface area contributed by atoms with Gasteiger partial charge >= 0.3 is 5.97 Å². The first-order valence-electron chi connectivity index (χ1n) is 6.23. The van der Waals surface area contributed by atoms with Crippen molar-refractivity contribution in [2.45, 2.75) is 0 Å². The summed E-state index contributed by atoms with van der Waals surface area (Å²) < 4.78 is 15.3. The molecule has 114 valence electrons. The molecule has 0 spiro atoms. The molecular formula is C15H13NO6. The van der Waals surface area contributed by atoms with Crippen LogP contribution in [0, 0.1) is 10.1 Å². The van der Waals surface area contributed by atoms with Crippen LogP contribution in [0.4, 0.5) is 5.69 Å². The lowest BCUT2D eigenvalue weighted by Gasteiger charge is -2.08. The largest absolute Gasteiger partial charge is 0.497 e. The van der Waals surface area contributed by atoms with Crippen molar-refractivity contribution in [3.05, 3.63) is 58.1 Å². The van der Waals surface area contributed by atoms with Crippen LogP contribution in [-0.4, -0.2) is 25.1 Å². The third kappa shape index (κ3) is 3.51. The van der Waals surface area contributed by atoms with Crippen molar-refractivity contribution in [3.63, 3.8) is 0 Å². The fourth-order valence-corrected chi connectivity index (χ4v) is 1.73. The quantitative estimate of drug-likeness (QED) is 0.365. The van der Waals surface area contributed by atoms with Crippen LogP contribution in [0.5, 0.6) is 17.2 Å². The zero-order valence-electron chi connectivity index (χ0n) is 11.9. The number of non-ortho nitro benzene ring substituents is 1. The second kappa shape index (κ2) is 6.57. The maximum Gasteiger partial charge on any atom is 0.343 e. The number of nitrogens with zero attached hydrogens (tertiary/aromatic N) is 1. The van der Waals surface area contributed by atoms with Crippen molar-refractivity contribution < 1.29 is 23.9 Å². The molecule has 0 fully saturated rings. The molecule has 2 aromatic carbocycles. The number of hydrogen-bond donors (Lipinski definition) is 0. The van der Waals surface area contributed by atoms with Gasteiger partial charge < -0.3 is 14.2 Å². The van der Waals surface area contributed by atoms with Gasteiger partial charge in [-0.2, -0.15) is 0 Å². The molecule has 0 N–H and O–H groups in total. The fraction of sp³-hybridized carbons (Fsp3) is 0.133. The number of nitro groups is 1. The molecule has 0 bridgehead atoms. The number of ether oxygens (including phenoxy) is 3. The molecule has 7 heteroatoms. The molecule has 0 saturated heterocycles. The van der Waals surface area contributed by atoms with E-state index < -0.39 is 10.9 Å². The van der Waals surface area contributed by atoms with Crippen LogP contribution in [0.15, 0.2) is 42.5 Å². The van der Waals surface area contributed by atoms with Crippen LogP contribution in [0.2, 0.25) is 0 Å². The lowest BCUT2D eigenvalue weighted by molar-refractivity contribution is -0.384. The van der Waals surface area contributed by atoms with Crippen LogP contribution >= 0.6 is 0 Å². The Morgan fingerprint density at radius 1 is 0.955 bits per heavy atom. The minimum atomic E-state index is -0.619. The molecule has 0 aliphatic rings. The SMILES string of the molecule is COc1cc(OC)cc(C(=O)Oc2ccc([N+](=O)[O-])cc2)c1. The van der Waals surface area contributed by atoms with Gasteiger partial charge in [0.2, 0.25) is 0 Å². The van der Waals surface area contributed by atoms with E-state index in [-0.39, 0.29) is 17.0 Å². The molecular weight excluding hydrogens is 290 g/mol. The minimum Gasteiger partial charge on any atom is -0.497 e. The highest BCUT2D eigenvalue weighted by Crippen LogP contribution is 2.24. The smallest absolute Gasteiger partial charge is 0.343 e. The van der Waals surface area contributed by atoms with E-state index in [1.807, 2.05) is 0 Å². The predicted molar refractivity (Wildman–Crippen MR) is 77.6 cm³/mol. The summed E-state index contributed by atoms with van der Waals surface area (Å²) in [5.74, 6) is 0.494. The molecule has 0 unspecified atom stereocenters. The van der Waals surface area contributed by atoms with Gasteiger partial charge in [0, 0.05) is 18.2 Å². The summed E-state index contributed by atoms with van der Waals surface area (Å²) in [5.41, 5.74) is 0.164. The average molecular weight is 303 g/mol. The lowest BCUT2D eigenvalue weighted by Crippen LogP contribution is -2.09. The number of rotatable bonds is 5. The Hall–Kier alpha value is -3.09. The van der Waals surface area contributed by atoms with Gasteiger partial charge in [-0.3, -0.25) is 10.1 Å². The molecule has 2 aromatic rings. The predicted octanol–water partition coefficient (Wildman–Crippen LogP) is 2.83. The highest BCUT2D eigenvalue weighted by molar-refractivity contribution is 5.92. The molecule has 0 heterocycles. The number of nitro benzene ring substituents is 1. The van der Waals surface area contributed by atoms with E-state index in [2.05, 4.69) is 0 Å². The van der Waals surface area contributed by atoms with E-state index in [0.29, 0.717) is 11.5 Å². The molecule has 0 radical (unpaired) electrons. The van der Waals surface area contributed by atoms with Crippen molar-refractivity contribution in [2.75, 3.05) is 14.2 Å². The molecule has 0 amide bonds. The summed E-state index contributed by atoms with van der Waals surface area (Å²) in [6, 6.07) is 9.87. The Bertz CT molecular complexity index is 673. The van der Waals surface area contributed by atoms with Gasteiger partial charge in [0.15, 0.2) is 0 Å². The molecule has 0 aliphatic heterocycles. The summed E-state index contributed by atoms with van der Waals surface area (Å²) in [5, 5.41) is 10.6. The number of hydrogen-bond acceptors (Lipinski definition) is 6. The Labute approximate surface area is 126 Å². The number of methoxy groups -OCH3 is 2. The first-order chi connectivity index (χ1) is 10.5. The summed E-state index contributed by atoms with van der Waals surface area (Å²) >= 11 is 0. The van der Waals surface area contributed by atoms with E-state index in [9.17, 15) is 14.9 Å². The van der Waals surface area contributed by atoms with E-state index in [4.69, 9.17) is 14.2 Å². The summed E-state index contributed by atoms with van der Waals surface area (Å²) in [6.45, 7) is 0. The minimum absolute atomic E-state index is 0.0807. The Morgan fingerprint density at radius 3 is 1.95 bits per heavy atom. The number of esters is 1. The van der Waals surface area contributed by atoms with Gasteiger partial charge in [-0.1, -0.05) is 0 Å². The van der Waals surface area contributed by atoms with Gasteiger partial charge in [-0.05, 0) is 24.3 Å². The van der Waals surface area contributed by atoms with Crippen molar-refractivity contribution in [1.82, 2.24) is 0 Å². The van der Waals surface area contributed by atoms with E-state index in [0.717, 1.165) is 0 Å². The third-order valence-electron chi connectivity index (χ3n) is 2.85. The average Bonchev–Trinajstić information content (AvgIpc) is 2.54. The monoisotopic (exact) mass is 303 g/mol. The standard InChI is InChI=1S/C15H13NO6/c1-20-13-7-10(8-14(9-13)21-2)15(17)22-12-5-3-11(4-6-12)16(18)19/h3-9H,1-2H3. The second-order valence-electron chi connectivity index (χ2n) is 4.24. The number of carbonyl (C=O) groups excluding carboxylic acids is 1. The third-order valence-corrected chi connectivity index (χ3v) is 2.85. The zero-order chi connectivity index (χ0) is 16.1. The van der Waals surface area contributed by atoms with Gasteiger partial charge in [0.1, 0.15) is 17.2 Å². The molecule has 0 saturated carbocycles. The Balaban J connectivity index is 2.19. The Kier molecular flexibility index (Phi) is 4.57. The summed E-state index contributed by atoms with van der Waals surface area (Å²) in [6.07, 6.45) is 0. The zero-order valence-corrected chi connectivity index (χ0v) is 11.9. The van der Waals surface area contributed by atoms with Crippen molar-refractivity contribution in [2.24, 2.45) is 0 Å². The maximum atomic E-state index is 12.1. The van der Waals surface area contributed by atoms with E-state index in [1.165, 1.54) is 50.6 Å². The summed E-state index contributed by atoms with van der Waals surface area (Å²) in [4.78, 5) is 22.1. The van der Waals surface area contributed by atoms with Gasteiger partial charge in [-0.15, -0.1) is 0 Å². The molecule has 7 nitrogen and oxygen atoms in total. The maximum absolute atomic E-state index is 12.1. The molecule has 0 aromatic heterocycles. The molecule has 22 heavy (non-hydrogen) atoms. The van der Waals surface area contributed by atoms with Gasteiger partial charge in [-0.25, -0.2) is 4.79 Å². The molecule has 0 atom stereocenters. The van der Waals surface area contributed by atoms with Crippen molar-refractivity contribution in [3.8, 4) is 17.2 Å². The summed E-state index contributed by atoms with van der Waals surface area (Å²) in [7, 11) is 2.94. The first-order valence-corrected chi connectivity index (χ1v) is 6.23. The van der Waals surface area contributed by atoms with Gasteiger partial charge in [0.25, 0.3) is 5.69 Å². The highest BCUT2D eigenvalue weighted by atomic mass is 16.6. The molecule has 0 aliphatic carbocycles. The van der Waals surface area contributed by atoms with Crippen LogP contribution in [-0.2, 0) is 0 Å². The van der Waals surface area contributed by atoms with Crippen molar-refractivity contribution in [1.29, 1.82) is 0 Å². The van der Waals surface area contributed by atoms with Crippen LogP contribution < -0.4 is 14.2 Å². The Morgan fingerprint density at radius 2 is 1.50 bits per heavy atom. The van der Waals surface area contributed by atoms with Crippen LogP contribution in [0.25, 0.3) is 0 Å². The first kappa shape index (κ1) is 15.3. The van der Waals surface area contributed by atoms with E-state index >= 15 is 0 Å². The number of benzene rings is 2. The normalized spacial score (nSPS) is 9.91. The van der Waals surface area contributed by atoms with E-state index in [1.54, 1.807) is 6.07 Å².